The molecule has 5 rings (SSSR count). The van der Waals surface area contributed by atoms with Gasteiger partial charge < -0.3 is 23.3 Å². The molecule has 0 fully saturated rings. The van der Waals surface area contributed by atoms with Crippen LogP contribution in [0.5, 0.6) is 11.5 Å². The van der Waals surface area contributed by atoms with Crippen LogP contribution in [0.1, 0.15) is 11.4 Å². The van der Waals surface area contributed by atoms with Crippen molar-refractivity contribution in [1.29, 1.82) is 0 Å². The number of hydrogen-bond acceptors (Lipinski definition) is 8. The van der Waals surface area contributed by atoms with Crippen molar-refractivity contribution in [2.45, 2.75) is 13.0 Å². The molecule has 0 atom stereocenters. The normalized spacial score (nSPS) is 12.8. The summed E-state index contributed by atoms with van der Waals surface area (Å²) in [5.41, 5.74) is 2.49. The molecule has 146 valence electrons. The number of carbonyl (C=O) groups excluding carboxylic acids is 1. The Morgan fingerprint density at radius 3 is 2.76 bits per heavy atom. The minimum absolute atomic E-state index is 0.00265. The topological polar surface area (TPSA) is 96.8 Å². The van der Waals surface area contributed by atoms with Crippen LogP contribution in [-0.4, -0.2) is 29.5 Å². The van der Waals surface area contributed by atoms with E-state index in [1.54, 1.807) is 12.1 Å². The lowest BCUT2D eigenvalue weighted by molar-refractivity contribution is -0.144. The van der Waals surface area contributed by atoms with Crippen LogP contribution in [0.25, 0.3) is 22.3 Å². The number of nitrogens with zero attached hydrogens (tertiary/aromatic N) is 2. The molecule has 8 heteroatoms. The van der Waals surface area contributed by atoms with Crippen molar-refractivity contribution in [2.24, 2.45) is 0 Å². The minimum atomic E-state index is -0.423. The summed E-state index contributed by atoms with van der Waals surface area (Å²) in [6.45, 7) is 1.05. The quantitative estimate of drug-likeness (QED) is 0.476. The predicted molar refractivity (Wildman–Crippen MR) is 100 cm³/mol. The Balaban J connectivity index is 1.23. The van der Waals surface area contributed by atoms with Crippen molar-refractivity contribution in [3.63, 3.8) is 0 Å². The van der Waals surface area contributed by atoms with Crippen molar-refractivity contribution in [3.05, 3.63) is 59.9 Å². The molecule has 2 aromatic heterocycles. The number of rotatable bonds is 5. The van der Waals surface area contributed by atoms with Gasteiger partial charge in [0.25, 0.3) is 0 Å². The van der Waals surface area contributed by atoms with Crippen molar-refractivity contribution < 1.29 is 28.1 Å². The first-order chi connectivity index (χ1) is 14.3. The zero-order chi connectivity index (χ0) is 19.6. The third-order valence-corrected chi connectivity index (χ3v) is 4.53. The monoisotopic (exact) mass is 392 g/mol. The van der Waals surface area contributed by atoms with Gasteiger partial charge in [-0.3, -0.25) is 4.79 Å². The second kappa shape index (κ2) is 7.31. The summed E-state index contributed by atoms with van der Waals surface area (Å²) < 4.78 is 27.0. The number of aromatic nitrogens is 2. The van der Waals surface area contributed by atoms with Gasteiger partial charge in [0.15, 0.2) is 22.8 Å². The van der Waals surface area contributed by atoms with Gasteiger partial charge in [-0.25, -0.2) is 0 Å². The molecular weight excluding hydrogens is 376 g/mol. The number of fused-ring (bicyclic) bond motifs is 2. The molecule has 0 unspecified atom stereocenters. The first kappa shape index (κ1) is 17.3. The van der Waals surface area contributed by atoms with Crippen LogP contribution >= 0.6 is 0 Å². The van der Waals surface area contributed by atoms with Gasteiger partial charge in [-0.1, -0.05) is 22.4 Å². The lowest BCUT2D eigenvalue weighted by Crippen LogP contribution is -2.15. The maximum absolute atomic E-state index is 12.2. The van der Waals surface area contributed by atoms with E-state index in [0.29, 0.717) is 47.4 Å². The molecule has 3 heterocycles. The highest BCUT2D eigenvalue weighted by Gasteiger charge is 2.16. The largest absolute Gasteiger partial charge is 0.486 e. The highest BCUT2D eigenvalue weighted by atomic mass is 16.6. The summed E-state index contributed by atoms with van der Waals surface area (Å²) >= 11 is 0. The number of hydrogen-bond donors (Lipinski definition) is 0. The van der Waals surface area contributed by atoms with E-state index in [4.69, 9.17) is 23.3 Å². The summed E-state index contributed by atoms with van der Waals surface area (Å²) in [7, 11) is 0. The first-order valence-electron chi connectivity index (χ1n) is 9.11. The van der Waals surface area contributed by atoms with Crippen LogP contribution in [0.15, 0.2) is 57.6 Å². The predicted octanol–water partition coefficient (Wildman–Crippen LogP) is 3.54. The Labute approximate surface area is 164 Å². The van der Waals surface area contributed by atoms with Crippen molar-refractivity contribution in [1.82, 2.24) is 10.3 Å². The summed E-state index contributed by atoms with van der Waals surface area (Å²) in [5, 5.41) is 8.70. The van der Waals surface area contributed by atoms with E-state index in [0.717, 1.165) is 10.9 Å². The third-order valence-electron chi connectivity index (χ3n) is 4.53. The molecule has 0 N–H and O–H groups in total. The van der Waals surface area contributed by atoms with Crippen LogP contribution in [-0.2, 0) is 22.6 Å². The highest BCUT2D eigenvalue weighted by molar-refractivity contribution is 5.84. The van der Waals surface area contributed by atoms with E-state index >= 15 is 0 Å². The van der Waals surface area contributed by atoms with E-state index in [1.807, 2.05) is 36.4 Å². The Morgan fingerprint density at radius 2 is 1.83 bits per heavy atom. The lowest BCUT2D eigenvalue weighted by Gasteiger charge is -2.18. The number of para-hydroxylation sites is 1. The Morgan fingerprint density at radius 1 is 0.966 bits per heavy atom. The van der Waals surface area contributed by atoms with Crippen LogP contribution in [0.4, 0.5) is 0 Å². The van der Waals surface area contributed by atoms with Gasteiger partial charge in [-0.05, 0) is 30.3 Å². The van der Waals surface area contributed by atoms with E-state index < -0.39 is 5.97 Å². The Hall–Kier alpha value is -3.81. The van der Waals surface area contributed by atoms with Crippen molar-refractivity contribution in [2.75, 3.05) is 13.2 Å². The Kier molecular flexibility index (Phi) is 4.36. The standard InChI is InChI=1S/C21H16N2O6/c24-21(11-16-15-3-1-2-4-17(15)28-23-16)27-12-14-10-19(29-22-14)13-5-6-18-20(9-13)26-8-7-25-18/h1-6,9-10H,7-8,11-12H2. The van der Waals surface area contributed by atoms with Gasteiger partial charge in [0.05, 0.1) is 6.42 Å². The number of benzene rings is 2. The molecule has 0 spiro atoms. The van der Waals surface area contributed by atoms with Gasteiger partial charge in [0.2, 0.25) is 0 Å². The summed E-state index contributed by atoms with van der Waals surface area (Å²) in [4.78, 5) is 12.2. The zero-order valence-corrected chi connectivity index (χ0v) is 15.3. The zero-order valence-electron chi connectivity index (χ0n) is 15.3. The fraction of sp³-hybridized carbons (Fsp3) is 0.190. The van der Waals surface area contributed by atoms with E-state index in [1.165, 1.54) is 0 Å². The SMILES string of the molecule is O=C(Cc1noc2ccccc12)OCc1cc(-c2ccc3c(c2)OCCO3)on1. The molecule has 0 amide bonds. The molecule has 4 aromatic rings. The fourth-order valence-corrected chi connectivity index (χ4v) is 3.12. The molecule has 2 aromatic carbocycles. The second-order valence-electron chi connectivity index (χ2n) is 6.50. The first-order valence-corrected chi connectivity index (χ1v) is 9.11. The number of ether oxygens (including phenoxy) is 3. The highest BCUT2D eigenvalue weighted by Crippen LogP contribution is 2.34. The van der Waals surface area contributed by atoms with Gasteiger partial charge in [0.1, 0.15) is 31.2 Å². The molecule has 29 heavy (non-hydrogen) atoms. The van der Waals surface area contributed by atoms with Crippen molar-refractivity contribution >= 4 is 16.9 Å². The van der Waals surface area contributed by atoms with E-state index in [-0.39, 0.29) is 13.0 Å². The van der Waals surface area contributed by atoms with Crippen LogP contribution < -0.4 is 9.47 Å². The van der Waals surface area contributed by atoms with E-state index in [2.05, 4.69) is 10.3 Å². The molecule has 8 nitrogen and oxygen atoms in total. The number of carbonyl (C=O) groups is 1. The summed E-state index contributed by atoms with van der Waals surface area (Å²) in [5.74, 6) is 1.50. The lowest BCUT2D eigenvalue weighted by atomic mass is 10.1. The van der Waals surface area contributed by atoms with Gasteiger partial charge >= 0.3 is 5.97 Å². The molecule has 1 aliphatic heterocycles. The van der Waals surface area contributed by atoms with Crippen LogP contribution in [0.2, 0.25) is 0 Å². The summed E-state index contributed by atoms with van der Waals surface area (Å²) in [6.07, 6.45) is 0.0177. The molecular formula is C21H16N2O6. The minimum Gasteiger partial charge on any atom is -0.486 e. The molecule has 0 saturated heterocycles. The van der Waals surface area contributed by atoms with Gasteiger partial charge in [0, 0.05) is 17.0 Å². The molecule has 0 aliphatic carbocycles. The molecule has 0 saturated carbocycles. The maximum Gasteiger partial charge on any atom is 0.312 e. The summed E-state index contributed by atoms with van der Waals surface area (Å²) in [6, 6.07) is 14.6. The maximum atomic E-state index is 12.2. The average Bonchev–Trinajstić information content (AvgIpc) is 3.40. The smallest absolute Gasteiger partial charge is 0.312 e. The Bertz CT molecular complexity index is 1180. The van der Waals surface area contributed by atoms with Crippen molar-refractivity contribution in [3.8, 4) is 22.8 Å². The molecule has 1 aliphatic rings. The number of esters is 1. The van der Waals surface area contributed by atoms with Crippen LogP contribution in [0.3, 0.4) is 0 Å². The molecule has 0 bridgehead atoms. The van der Waals surface area contributed by atoms with Crippen LogP contribution in [0, 0.1) is 0 Å². The van der Waals surface area contributed by atoms with E-state index in [9.17, 15) is 4.79 Å². The molecule has 0 radical (unpaired) electrons. The fourth-order valence-electron chi connectivity index (χ4n) is 3.12. The average molecular weight is 392 g/mol. The third kappa shape index (κ3) is 3.52. The van der Waals surface area contributed by atoms with Gasteiger partial charge in [-0.2, -0.15) is 0 Å². The second-order valence-corrected chi connectivity index (χ2v) is 6.50. The van der Waals surface area contributed by atoms with Gasteiger partial charge in [-0.15, -0.1) is 0 Å².